The van der Waals surface area contributed by atoms with Gasteiger partial charge in [0, 0.05) is 18.8 Å². The molecule has 3 aromatic rings. The van der Waals surface area contributed by atoms with Crippen molar-refractivity contribution < 1.29 is 30.5 Å². The van der Waals surface area contributed by atoms with E-state index < -0.39 is 16.1 Å². The van der Waals surface area contributed by atoms with Gasteiger partial charge in [0.2, 0.25) is 0 Å². The normalized spacial score (nSPS) is 13.0. The van der Waals surface area contributed by atoms with Crippen LogP contribution in [0.4, 0.5) is 0 Å². The summed E-state index contributed by atoms with van der Waals surface area (Å²) in [5.41, 5.74) is 4.16. The molecule has 0 unspecified atom stereocenters. The second-order valence-corrected chi connectivity index (χ2v) is 9.25. The van der Waals surface area contributed by atoms with Crippen molar-refractivity contribution in [3.63, 3.8) is 0 Å². The van der Waals surface area contributed by atoms with Gasteiger partial charge in [-0.05, 0) is 18.1 Å². The quantitative estimate of drug-likeness (QED) is 0.239. The summed E-state index contributed by atoms with van der Waals surface area (Å²) in [4.78, 5) is 0. The Hall–Kier alpha value is -1.60. The van der Waals surface area contributed by atoms with Crippen LogP contribution in [0, 0.1) is 6.92 Å². The molecular formula is C25H29ClN2O3RuS. The molecule has 0 saturated carbocycles. The van der Waals surface area contributed by atoms with Crippen molar-refractivity contribution >= 4 is 19.7 Å². The molecule has 0 aliphatic rings. The Morgan fingerprint density at radius 2 is 1.45 bits per heavy atom. The van der Waals surface area contributed by atoms with E-state index in [1.54, 1.807) is 0 Å². The van der Waals surface area contributed by atoms with Crippen molar-refractivity contribution in [2.75, 3.05) is 19.4 Å². The van der Waals surface area contributed by atoms with Gasteiger partial charge in [-0.25, -0.2) is 8.42 Å². The van der Waals surface area contributed by atoms with Crippen LogP contribution in [0.2, 0.25) is 0 Å². The third-order valence-electron chi connectivity index (χ3n) is 4.92. The average Bonchev–Trinajstić information content (AvgIpc) is 2.83. The summed E-state index contributed by atoms with van der Waals surface area (Å²) in [6, 6.07) is 26.7. The summed E-state index contributed by atoms with van der Waals surface area (Å²) in [5, 5.41) is 3.47. The number of rotatable bonds is 11. The second kappa shape index (κ2) is 14.6. The van der Waals surface area contributed by atoms with Crippen molar-refractivity contribution in [2.45, 2.75) is 25.6 Å². The predicted molar refractivity (Wildman–Crippen MR) is 131 cm³/mol. The summed E-state index contributed by atoms with van der Waals surface area (Å²) in [5.74, 6) is 0. The molecule has 3 rings (SSSR count). The molecular weight excluding hydrogens is 545 g/mol. The molecule has 8 heteroatoms. The van der Waals surface area contributed by atoms with Crippen LogP contribution in [-0.2, 0) is 38.7 Å². The van der Waals surface area contributed by atoms with E-state index in [-0.39, 0.29) is 6.04 Å². The molecule has 0 heterocycles. The van der Waals surface area contributed by atoms with Crippen LogP contribution in [0.5, 0.6) is 0 Å². The van der Waals surface area contributed by atoms with E-state index in [2.05, 4.69) is 50.9 Å². The first-order chi connectivity index (χ1) is 15.9. The topological polar surface area (TPSA) is 69.5 Å². The minimum atomic E-state index is -3.55. The third-order valence-corrected chi connectivity index (χ3v) is 5.53. The molecule has 1 N–H and O–H groups in total. The van der Waals surface area contributed by atoms with Gasteiger partial charge in [0.15, 0.2) is 0 Å². The average molecular weight is 574 g/mol. The number of nitrogens with one attached hydrogen (secondary N) is 1. The van der Waals surface area contributed by atoms with Gasteiger partial charge in [-0.3, -0.25) is 0 Å². The predicted octanol–water partition coefficient (Wildman–Crippen LogP) is 5.60. The van der Waals surface area contributed by atoms with Gasteiger partial charge < -0.3 is 14.8 Å². The molecule has 0 bridgehead atoms. The van der Waals surface area contributed by atoms with Crippen LogP contribution >= 0.6 is 9.69 Å². The zero-order valence-electron chi connectivity index (χ0n) is 18.7. The summed E-state index contributed by atoms with van der Waals surface area (Å²) in [6.45, 7) is 3.66. The van der Waals surface area contributed by atoms with Gasteiger partial charge in [0.05, 0.1) is 23.2 Å². The van der Waals surface area contributed by atoms with Crippen LogP contribution in [0.15, 0.2) is 84.9 Å². The van der Waals surface area contributed by atoms with Gasteiger partial charge in [-0.2, -0.15) is 0 Å². The Kier molecular flexibility index (Phi) is 12.2. The van der Waals surface area contributed by atoms with Gasteiger partial charge in [-0.1, -0.05) is 102 Å². The molecule has 0 spiro atoms. The number of hydrogen-bond acceptors (Lipinski definition) is 4. The molecule has 2 atom stereocenters. The fourth-order valence-corrected chi connectivity index (χ4v) is 4.06. The third kappa shape index (κ3) is 10.0. The maximum absolute atomic E-state index is 12.1. The van der Waals surface area contributed by atoms with Crippen molar-refractivity contribution in [3.8, 4) is 0 Å². The number of halogens is 1. The van der Waals surface area contributed by atoms with Gasteiger partial charge in [-0.15, -0.1) is 0 Å². The summed E-state index contributed by atoms with van der Waals surface area (Å²) in [6.07, 6.45) is 1.13. The van der Waals surface area contributed by atoms with Gasteiger partial charge in [0.25, 0.3) is 0 Å². The van der Waals surface area contributed by atoms with E-state index in [9.17, 15) is 8.42 Å². The van der Waals surface area contributed by atoms with E-state index in [1.165, 1.54) is 5.56 Å². The zero-order chi connectivity index (χ0) is 24.1. The molecule has 178 valence electrons. The molecule has 0 aromatic heterocycles. The molecule has 0 radical (unpaired) electrons. The van der Waals surface area contributed by atoms with Crippen molar-refractivity contribution in [3.05, 3.63) is 112 Å². The number of ether oxygens (including phenoxy) is 1. The van der Waals surface area contributed by atoms with Crippen LogP contribution < -0.4 is 5.32 Å². The molecule has 3 aromatic carbocycles. The molecule has 0 saturated heterocycles. The summed E-state index contributed by atoms with van der Waals surface area (Å²) >= 11 is 1.82. The van der Waals surface area contributed by atoms with Crippen LogP contribution in [0.25, 0.3) is 4.72 Å². The summed E-state index contributed by atoms with van der Waals surface area (Å²) < 4.78 is 34.2. The molecule has 33 heavy (non-hydrogen) atoms. The molecule has 0 aliphatic heterocycles. The van der Waals surface area contributed by atoms with Crippen molar-refractivity contribution in [1.82, 2.24) is 5.32 Å². The fourth-order valence-electron chi connectivity index (χ4n) is 3.40. The number of benzene rings is 3. The second-order valence-electron chi connectivity index (χ2n) is 7.57. The Bertz CT molecular complexity index is 1040. The SMILES string of the molecule is Cc1ccc(COCCN[C@H](c2ccccc2)[C@H]([N-]S(C)(=O)=O)c2ccccc2)cc1.[Cl][Ru+]. The number of aryl methyl sites for hydroxylation is 1. The Morgan fingerprint density at radius 3 is 2.00 bits per heavy atom. The maximum atomic E-state index is 12.1. The molecule has 0 fully saturated rings. The van der Waals surface area contributed by atoms with Crippen LogP contribution in [0.3, 0.4) is 0 Å². The molecule has 0 aliphatic carbocycles. The summed E-state index contributed by atoms with van der Waals surface area (Å²) in [7, 11) is 1.02. The van der Waals surface area contributed by atoms with E-state index in [0.29, 0.717) is 19.8 Å². The Morgan fingerprint density at radius 1 is 0.909 bits per heavy atom. The van der Waals surface area contributed by atoms with Crippen molar-refractivity contribution in [2.24, 2.45) is 0 Å². The van der Waals surface area contributed by atoms with Crippen LogP contribution in [-0.4, -0.2) is 27.8 Å². The molecule has 5 nitrogen and oxygen atoms in total. The monoisotopic (exact) mass is 574 g/mol. The van der Waals surface area contributed by atoms with Crippen LogP contribution in [0.1, 0.15) is 34.3 Å². The number of hydrogen-bond donors (Lipinski definition) is 1. The van der Waals surface area contributed by atoms with E-state index >= 15 is 0 Å². The number of nitrogens with zero attached hydrogens (tertiary/aromatic N) is 1. The standard InChI is InChI=1S/C25H29N2O3S.ClH.Ru/c1-20-13-15-21(16-14-20)19-30-18-17-26-24(22-9-5-3-6-10-22)25(27-31(2,28)29)23-11-7-4-8-12-23;;/h3-16,24-26H,17-19H2,1-2H3;1H;/q-1;;+2/p-1/t24-,25-;;/m1../s1. The van der Waals surface area contributed by atoms with E-state index in [0.717, 1.165) is 22.9 Å². The first kappa shape index (κ1) is 27.6. The zero-order valence-corrected chi connectivity index (χ0v) is 22.0. The molecule has 0 amide bonds. The van der Waals surface area contributed by atoms with Crippen molar-refractivity contribution in [1.29, 1.82) is 0 Å². The fraction of sp³-hybridized carbons (Fsp3) is 0.280. The van der Waals surface area contributed by atoms with E-state index in [4.69, 9.17) is 4.74 Å². The first-order valence-electron chi connectivity index (χ1n) is 10.4. The van der Waals surface area contributed by atoms with Gasteiger partial charge >= 0.3 is 27.0 Å². The Labute approximate surface area is 211 Å². The minimum absolute atomic E-state index is 0.304. The first-order valence-corrected chi connectivity index (χ1v) is 14.5. The number of sulfonamides is 1. The van der Waals surface area contributed by atoms with E-state index in [1.807, 2.05) is 78.0 Å². The Balaban J connectivity index is 0.00000187. The van der Waals surface area contributed by atoms with Gasteiger partial charge in [0.1, 0.15) is 0 Å².